The molecular weight excluding hydrogens is 399 g/mol. The van der Waals surface area contributed by atoms with Crippen LogP contribution >= 0.6 is 0 Å². The Labute approximate surface area is 182 Å². The lowest BCUT2D eigenvalue weighted by Gasteiger charge is -2.32. The van der Waals surface area contributed by atoms with Crippen molar-refractivity contribution >= 4 is 12.0 Å². The first-order valence-corrected chi connectivity index (χ1v) is 10.4. The average molecular weight is 429 g/mol. The molecule has 2 unspecified atom stereocenters. The number of carbonyl (C=O) groups is 2. The summed E-state index contributed by atoms with van der Waals surface area (Å²) < 4.78 is 25.0. The summed E-state index contributed by atoms with van der Waals surface area (Å²) in [5.41, 5.74) is 0.699. The molecule has 1 saturated heterocycles. The summed E-state index contributed by atoms with van der Waals surface area (Å²) in [5, 5.41) is 2.63. The first-order valence-electron chi connectivity index (χ1n) is 10.4. The molecule has 0 spiro atoms. The average Bonchev–Trinajstić information content (AvgIpc) is 3.17. The van der Waals surface area contributed by atoms with Gasteiger partial charge in [0.05, 0.1) is 6.04 Å². The molecule has 2 amide bonds. The van der Waals surface area contributed by atoms with Crippen LogP contribution in [-0.4, -0.2) is 35.6 Å². The summed E-state index contributed by atoms with van der Waals surface area (Å²) in [7, 11) is 1.56. The van der Waals surface area contributed by atoms with Crippen molar-refractivity contribution in [3.63, 3.8) is 0 Å². The van der Waals surface area contributed by atoms with Crippen molar-refractivity contribution in [1.29, 1.82) is 0 Å². The van der Waals surface area contributed by atoms with Crippen molar-refractivity contribution in [2.75, 3.05) is 7.05 Å². The van der Waals surface area contributed by atoms with E-state index in [4.69, 9.17) is 9.47 Å². The van der Waals surface area contributed by atoms with Gasteiger partial charge in [-0.1, -0.05) is 30.3 Å². The van der Waals surface area contributed by atoms with Crippen molar-refractivity contribution in [2.45, 2.75) is 57.9 Å². The van der Waals surface area contributed by atoms with Gasteiger partial charge in [-0.25, -0.2) is 9.18 Å². The number of hydrogen-bond donors (Lipinski definition) is 1. The van der Waals surface area contributed by atoms with Crippen LogP contribution in [0.4, 0.5) is 9.18 Å². The number of carbonyl (C=O) groups excluding carboxylic acids is 2. The highest BCUT2D eigenvalue weighted by Crippen LogP contribution is 2.38. The molecule has 31 heavy (non-hydrogen) atoms. The lowest BCUT2D eigenvalue weighted by molar-refractivity contribution is -0.125. The number of likely N-dealkylation sites (tertiary alicyclic amines) is 1. The maximum atomic E-state index is 13.8. The number of amides is 2. The quantitative estimate of drug-likeness (QED) is 0.756. The van der Waals surface area contributed by atoms with Crippen molar-refractivity contribution in [3.8, 4) is 5.75 Å². The van der Waals surface area contributed by atoms with Gasteiger partial charge in [-0.15, -0.1) is 0 Å². The summed E-state index contributed by atoms with van der Waals surface area (Å²) in [6, 6.07) is 12.9. The van der Waals surface area contributed by atoms with E-state index in [1.54, 1.807) is 58.2 Å². The Bertz CT molecular complexity index is 924. The van der Waals surface area contributed by atoms with Gasteiger partial charge in [0.15, 0.2) is 0 Å². The van der Waals surface area contributed by atoms with E-state index in [0.717, 1.165) is 5.56 Å². The maximum absolute atomic E-state index is 13.8. The van der Waals surface area contributed by atoms with Gasteiger partial charge in [-0.2, -0.15) is 0 Å². The summed E-state index contributed by atoms with van der Waals surface area (Å²) in [4.78, 5) is 26.8. The van der Waals surface area contributed by atoms with Gasteiger partial charge in [0.25, 0.3) is 0 Å². The Hall–Kier alpha value is -3.09. The van der Waals surface area contributed by atoms with E-state index in [2.05, 4.69) is 5.32 Å². The van der Waals surface area contributed by atoms with Crippen molar-refractivity contribution < 1.29 is 23.5 Å². The molecule has 0 aromatic heterocycles. The fraction of sp³-hybridized carbons (Fsp3) is 0.417. The number of ether oxygens (including phenoxy) is 2. The minimum absolute atomic E-state index is 0.123. The standard InChI is InChI=1S/C24H29FN2O4/c1-24(2,3)31-23(29)27-20(13-14-21(27)22(28)26-4)16-9-11-18(12-10-16)30-15-17-7-5-6-8-19(17)25/h5-12,20-21H,13-15H2,1-4H3,(H,26,28). The molecule has 7 heteroatoms. The van der Waals surface area contributed by atoms with Gasteiger partial charge >= 0.3 is 6.09 Å². The van der Waals surface area contributed by atoms with Crippen molar-refractivity contribution in [3.05, 3.63) is 65.5 Å². The van der Waals surface area contributed by atoms with E-state index >= 15 is 0 Å². The molecule has 166 valence electrons. The SMILES string of the molecule is CNC(=O)C1CCC(c2ccc(OCc3ccccc3F)cc2)N1C(=O)OC(C)(C)C. The summed E-state index contributed by atoms with van der Waals surface area (Å²) in [6.07, 6.45) is 0.686. The minimum atomic E-state index is -0.665. The molecule has 2 aromatic rings. The molecule has 0 aliphatic carbocycles. The highest BCUT2D eigenvalue weighted by atomic mass is 19.1. The first-order chi connectivity index (χ1) is 14.7. The number of nitrogens with zero attached hydrogens (tertiary/aromatic N) is 1. The number of nitrogens with one attached hydrogen (secondary N) is 1. The topological polar surface area (TPSA) is 67.9 Å². The van der Waals surface area contributed by atoms with Crippen LogP contribution < -0.4 is 10.1 Å². The molecule has 1 fully saturated rings. The van der Waals surface area contributed by atoms with E-state index in [1.807, 2.05) is 12.1 Å². The van der Waals surface area contributed by atoms with Crippen LogP contribution in [-0.2, 0) is 16.1 Å². The van der Waals surface area contributed by atoms with Crippen molar-refractivity contribution in [1.82, 2.24) is 10.2 Å². The molecular formula is C24H29FN2O4. The zero-order chi connectivity index (χ0) is 22.6. The van der Waals surface area contributed by atoms with Crippen LogP contribution in [0.15, 0.2) is 48.5 Å². The van der Waals surface area contributed by atoms with Gasteiger partial charge in [0.2, 0.25) is 5.91 Å². The normalized spacial score (nSPS) is 18.5. The van der Waals surface area contributed by atoms with E-state index < -0.39 is 17.7 Å². The Kier molecular flexibility index (Phi) is 6.83. The minimum Gasteiger partial charge on any atom is -0.489 e. The van der Waals surface area contributed by atoms with E-state index in [1.165, 1.54) is 11.0 Å². The number of likely N-dealkylation sites (N-methyl/N-ethyl adjacent to an activating group) is 1. The predicted octanol–water partition coefficient (Wildman–Crippen LogP) is 4.59. The Morgan fingerprint density at radius 3 is 2.39 bits per heavy atom. The molecule has 0 saturated carbocycles. The van der Waals surface area contributed by atoms with Gasteiger partial charge < -0.3 is 14.8 Å². The third-order valence-corrected chi connectivity index (χ3v) is 5.16. The van der Waals surface area contributed by atoms with Crippen LogP contribution in [0, 0.1) is 5.82 Å². The van der Waals surface area contributed by atoms with Crippen molar-refractivity contribution in [2.24, 2.45) is 0 Å². The van der Waals surface area contributed by atoms with E-state index in [0.29, 0.717) is 24.2 Å². The predicted molar refractivity (Wildman–Crippen MR) is 115 cm³/mol. The van der Waals surface area contributed by atoms with Crippen LogP contribution in [0.25, 0.3) is 0 Å². The van der Waals surface area contributed by atoms with Crippen LogP contribution in [0.3, 0.4) is 0 Å². The third-order valence-electron chi connectivity index (χ3n) is 5.16. The molecule has 1 heterocycles. The summed E-state index contributed by atoms with van der Waals surface area (Å²) in [6.45, 7) is 5.52. The Morgan fingerprint density at radius 2 is 1.77 bits per heavy atom. The van der Waals surface area contributed by atoms with E-state index in [9.17, 15) is 14.0 Å². The Balaban J connectivity index is 1.75. The molecule has 2 atom stereocenters. The highest BCUT2D eigenvalue weighted by Gasteiger charge is 2.43. The monoisotopic (exact) mass is 428 g/mol. The fourth-order valence-corrected chi connectivity index (χ4v) is 3.69. The third kappa shape index (κ3) is 5.54. The molecule has 2 aromatic carbocycles. The van der Waals surface area contributed by atoms with Gasteiger partial charge in [0, 0.05) is 12.6 Å². The molecule has 1 aliphatic rings. The maximum Gasteiger partial charge on any atom is 0.411 e. The fourth-order valence-electron chi connectivity index (χ4n) is 3.69. The number of benzene rings is 2. The highest BCUT2D eigenvalue weighted by molar-refractivity contribution is 5.86. The smallest absolute Gasteiger partial charge is 0.411 e. The molecule has 1 N–H and O–H groups in total. The van der Waals surface area contributed by atoms with Crippen LogP contribution in [0.5, 0.6) is 5.75 Å². The van der Waals surface area contributed by atoms with Gasteiger partial charge in [0.1, 0.15) is 29.8 Å². The summed E-state index contributed by atoms with van der Waals surface area (Å²) in [5.74, 6) is 0.0770. The second-order valence-electron chi connectivity index (χ2n) is 8.56. The molecule has 3 rings (SSSR count). The number of halogens is 1. The molecule has 0 radical (unpaired) electrons. The van der Waals surface area contributed by atoms with E-state index in [-0.39, 0.29) is 24.4 Å². The number of hydrogen-bond acceptors (Lipinski definition) is 4. The second-order valence-corrected chi connectivity index (χ2v) is 8.56. The molecule has 0 bridgehead atoms. The van der Waals surface area contributed by atoms with Crippen LogP contribution in [0.1, 0.15) is 50.8 Å². The van der Waals surface area contributed by atoms with Gasteiger partial charge in [-0.3, -0.25) is 9.69 Å². The lowest BCUT2D eigenvalue weighted by atomic mass is 10.0. The Morgan fingerprint density at radius 1 is 1.10 bits per heavy atom. The molecule has 1 aliphatic heterocycles. The number of rotatable bonds is 5. The first kappa shape index (κ1) is 22.6. The van der Waals surface area contributed by atoms with Crippen LogP contribution in [0.2, 0.25) is 0 Å². The second kappa shape index (κ2) is 9.37. The van der Waals surface area contributed by atoms with Gasteiger partial charge in [-0.05, 0) is 57.4 Å². The zero-order valence-electron chi connectivity index (χ0n) is 18.4. The lowest BCUT2D eigenvalue weighted by Crippen LogP contribution is -2.47. The summed E-state index contributed by atoms with van der Waals surface area (Å²) >= 11 is 0. The zero-order valence-corrected chi connectivity index (χ0v) is 18.4. The molecule has 6 nitrogen and oxygen atoms in total. The largest absolute Gasteiger partial charge is 0.489 e.